The van der Waals surface area contributed by atoms with E-state index >= 15 is 0 Å². The van der Waals surface area contributed by atoms with E-state index in [1.807, 2.05) is 22.4 Å². The SMILES string of the molecule is CC(C)CC(CCCCC(=O)C1C2C=CC3(CN(Cc4cccs4)C(=O)C13)O2)CC(C)C. The predicted molar refractivity (Wildman–Crippen MR) is 129 cm³/mol. The molecule has 1 aromatic heterocycles. The first-order valence-electron chi connectivity index (χ1n) is 12.5. The zero-order valence-electron chi connectivity index (χ0n) is 20.1. The van der Waals surface area contributed by atoms with Gasteiger partial charge >= 0.3 is 0 Å². The Morgan fingerprint density at radius 2 is 1.97 bits per heavy atom. The lowest BCUT2D eigenvalue weighted by Crippen LogP contribution is -2.39. The summed E-state index contributed by atoms with van der Waals surface area (Å²) in [6.45, 7) is 10.4. The predicted octanol–water partition coefficient (Wildman–Crippen LogP) is 5.87. The molecule has 0 N–H and O–H groups in total. The van der Waals surface area contributed by atoms with Crippen LogP contribution in [0.4, 0.5) is 0 Å². The van der Waals surface area contributed by atoms with Gasteiger partial charge in [-0.15, -0.1) is 11.3 Å². The van der Waals surface area contributed by atoms with E-state index < -0.39 is 5.60 Å². The van der Waals surface area contributed by atoms with Gasteiger partial charge in [-0.25, -0.2) is 0 Å². The third kappa shape index (κ3) is 4.89. The fraction of sp³-hybridized carbons (Fsp3) is 0.704. The number of ketones is 1. The molecule has 1 aromatic rings. The van der Waals surface area contributed by atoms with Crippen molar-refractivity contribution in [3.05, 3.63) is 34.5 Å². The first-order chi connectivity index (χ1) is 15.3. The van der Waals surface area contributed by atoms with Crippen LogP contribution in [0.2, 0.25) is 0 Å². The summed E-state index contributed by atoms with van der Waals surface area (Å²) in [5.74, 6) is 1.88. The average molecular weight is 458 g/mol. The summed E-state index contributed by atoms with van der Waals surface area (Å²) in [6, 6.07) is 4.08. The number of ether oxygens (including phenoxy) is 1. The first kappa shape index (κ1) is 23.7. The molecular formula is C27H39NO3S. The van der Waals surface area contributed by atoms with Gasteiger partial charge in [0.2, 0.25) is 5.91 Å². The molecule has 0 aliphatic carbocycles. The van der Waals surface area contributed by atoms with Gasteiger partial charge in [0.25, 0.3) is 0 Å². The van der Waals surface area contributed by atoms with Crippen molar-refractivity contribution in [2.24, 2.45) is 29.6 Å². The van der Waals surface area contributed by atoms with Gasteiger partial charge in [-0.05, 0) is 48.5 Å². The minimum Gasteiger partial charge on any atom is -0.360 e. The molecule has 4 nitrogen and oxygen atoms in total. The Balaban J connectivity index is 1.32. The van der Waals surface area contributed by atoms with Gasteiger partial charge in [-0.2, -0.15) is 0 Å². The Labute approximate surface area is 197 Å². The number of hydrogen-bond donors (Lipinski definition) is 0. The van der Waals surface area contributed by atoms with E-state index in [0.29, 0.717) is 19.5 Å². The largest absolute Gasteiger partial charge is 0.360 e. The molecule has 2 bridgehead atoms. The normalized spacial score (nSPS) is 28.7. The van der Waals surface area contributed by atoms with Crippen LogP contribution < -0.4 is 0 Å². The minimum atomic E-state index is -0.584. The smallest absolute Gasteiger partial charge is 0.230 e. The number of fused-ring (bicyclic) bond motifs is 1. The number of carbonyl (C=O) groups is 2. The second-order valence-corrected chi connectivity index (χ2v) is 12.0. The molecular weight excluding hydrogens is 418 g/mol. The van der Waals surface area contributed by atoms with Crippen LogP contribution in [-0.2, 0) is 20.9 Å². The molecule has 1 amide bonds. The standard InChI is InChI=1S/C27H39NO3S/c1-18(2)14-20(15-19(3)4)8-5-6-10-22(29)24-23-11-12-27(31-23)17-28(26(30)25(24)27)16-21-9-7-13-32-21/h7,9,11-13,18-20,23-25H,5-6,8,10,14-17H2,1-4H3. The molecule has 32 heavy (non-hydrogen) atoms. The maximum Gasteiger partial charge on any atom is 0.230 e. The zero-order valence-corrected chi connectivity index (χ0v) is 20.9. The molecule has 2 fully saturated rings. The summed E-state index contributed by atoms with van der Waals surface area (Å²) < 4.78 is 6.28. The summed E-state index contributed by atoms with van der Waals surface area (Å²) >= 11 is 1.67. The number of unbranched alkanes of at least 4 members (excludes halogenated alkanes) is 1. The van der Waals surface area contributed by atoms with E-state index in [1.165, 1.54) is 24.1 Å². The lowest BCUT2D eigenvalue weighted by Gasteiger charge is -2.23. The lowest BCUT2D eigenvalue weighted by molar-refractivity contribution is -0.137. The average Bonchev–Trinajstić information content (AvgIpc) is 3.47. The number of carbonyl (C=O) groups excluding carboxylic acids is 2. The van der Waals surface area contributed by atoms with E-state index in [-0.39, 0.29) is 29.6 Å². The van der Waals surface area contributed by atoms with E-state index in [1.54, 1.807) is 11.3 Å². The second kappa shape index (κ2) is 9.80. The third-order valence-electron chi connectivity index (χ3n) is 7.37. The van der Waals surface area contributed by atoms with Crippen LogP contribution in [0.3, 0.4) is 0 Å². The van der Waals surface area contributed by atoms with Gasteiger partial charge in [0.15, 0.2) is 0 Å². The van der Waals surface area contributed by atoms with Crippen LogP contribution in [0.1, 0.15) is 71.1 Å². The fourth-order valence-electron chi connectivity index (χ4n) is 6.23. The molecule has 4 rings (SSSR count). The van der Waals surface area contributed by atoms with Crippen molar-refractivity contribution in [1.29, 1.82) is 0 Å². The van der Waals surface area contributed by atoms with Crippen LogP contribution in [-0.4, -0.2) is 34.8 Å². The molecule has 176 valence electrons. The number of Topliss-reactive ketones (excluding diaryl/α,β-unsaturated/α-hetero) is 1. The molecule has 4 heterocycles. The maximum atomic E-state index is 13.3. The van der Waals surface area contributed by atoms with E-state index in [9.17, 15) is 9.59 Å². The van der Waals surface area contributed by atoms with Crippen molar-refractivity contribution in [1.82, 2.24) is 4.90 Å². The monoisotopic (exact) mass is 457 g/mol. The number of hydrogen-bond acceptors (Lipinski definition) is 4. The molecule has 0 aromatic carbocycles. The molecule has 3 aliphatic heterocycles. The van der Waals surface area contributed by atoms with Gasteiger partial charge < -0.3 is 9.64 Å². The number of thiophene rings is 1. The van der Waals surface area contributed by atoms with Crippen LogP contribution >= 0.6 is 11.3 Å². The topological polar surface area (TPSA) is 46.6 Å². The van der Waals surface area contributed by atoms with Gasteiger partial charge in [0, 0.05) is 11.3 Å². The van der Waals surface area contributed by atoms with E-state index in [4.69, 9.17) is 4.74 Å². The highest BCUT2D eigenvalue weighted by molar-refractivity contribution is 7.09. The third-order valence-corrected chi connectivity index (χ3v) is 8.23. The summed E-state index contributed by atoms with van der Waals surface area (Å²) in [6.07, 6.45) is 10.2. The second-order valence-electron chi connectivity index (χ2n) is 11.0. The highest BCUT2D eigenvalue weighted by Crippen LogP contribution is 2.52. The Morgan fingerprint density at radius 3 is 2.62 bits per heavy atom. The van der Waals surface area contributed by atoms with Crippen molar-refractivity contribution in [2.75, 3.05) is 6.54 Å². The van der Waals surface area contributed by atoms with Crippen LogP contribution in [0.5, 0.6) is 0 Å². The molecule has 3 aliphatic rings. The molecule has 5 heteroatoms. The molecule has 0 saturated carbocycles. The van der Waals surface area contributed by atoms with E-state index in [0.717, 1.165) is 30.6 Å². The zero-order chi connectivity index (χ0) is 22.9. The molecule has 4 atom stereocenters. The van der Waals surface area contributed by atoms with Crippen molar-refractivity contribution < 1.29 is 14.3 Å². The van der Waals surface area contributed by atoms with Crippen LogP contribution in [0.25, 0.3) is 0 Å². The van der Waals surface area contributed by atoms with Gasteiger partial charge in [-0.3, -0.25) is 9.59 Å². The number of amides is 1. The highest BCUT2D eigenvalue weighted by atomic mass is 32.1. The summed E-state index contributed by atoms with van der Waals surface area (Å²) in [4.78, 5) is 29.6. The quantitative estimate of drug-likeness (QED) is 0.291. The van der Waals surface area contributed by atoms with Gasteiger partial charge in [-0.1, -0.05) is 58.8 Å². The first-order valence-corrected chi connectivity index (χ1v) is 13.4. The highest BCUT2D eigenvalue weighted by Gasteiger charge is 2.66. The molecule has 2 saturated heterocycles. The molecule has 4 unspecified atom stereocenters. The number of nitrogens with zero attached hydrogens (tertiary/aromatic N) is 1. The lowest BCUT2D eigenvalue weighted by atomic mass is 9.74. The summed E-state index contributed by atoms with van der Waals surface area (Å²) in [7, 11) is 0. The van der Waals surface area contributed by atoms with Crippen molar-refractivity contribution in [3.8, 4) is 0 Å². The minimum absolute atomic E-state index is 0.0949. The fourth-order valence-corrected chi connectivity index (χ4v) is 6.95. The van der Waals surface area contributed by atoms with Crippen LogP contribution in [0, 0.1) is 29.6 Å². The Bertz CT molecular complexity index is 820. The Hall–Kier alpha value is -1.46. The van der Waals surface area contributed by atoms with Crippen LogP contribution in [0.15, 0.2) is 29.7 Å². The maximum absolute atomic E-state index is 13.3. The molecule has 1 spiro atoms. The Morgan fingerprint density at radius 1 is 1.22 bits per heavy atom. The van der Waals surface area contributed by atoms with E-state index in [2.05, 4.69) is 39.8 Å². The Kier molecular flexibility index (Phi) is 7.26. The van der Waals surface area contributed by atoms with Crippen molar-refractivity contribution >= 4 is 23.0 Å². The summed E-state index contributed by atoms with van der Waals surface area (Å²) in [5.41, 5.74) is -0.584. The van der Waals surface area contributed by atoms with Gasteiger partial charge in [0.05, 0.1) is 31.0 Å². The molecule has 0 radical (unpaired) electrons. The van der Waals surface area contributed by atoms with Gasteiger partial charge in [0.1, 0.15) is 11.4 Å². The number of rotatable bonds is 12. The van der Waals surface area contributed by atoms with Crippen molar-refractivity contribution in [2.45, 2.75) is 84.5 Å². The summed E-state index contributed by atoms with van der Waals surface area (Å²) in [5, 5.41) is 2.04. The van der Waals surface area contributed by atoms with Crippen molar-refractivity contribution in [3.63, 3.8) is 0 Å². The number of likely N-dealkylation sites (tertiary alicyclic amines) is 1.